The number of aryl methyl sites for hydroxylation is 2. The van der Waals surface area contributed by atoms with Gasteiger partial charge in [0.15, 0.2) is 4.90 Å². The van der Waals surface area contributed by atoms with E-state index in [0.29, 0.717) is 16.0 Å². The molecule has 6 nitrogen and oxygen atoms in total. The van der Waals surface area contributed by atoms with Gasteiger partial charge in [-0.2, -0.15) is 8.42 Å². The molecule has 0 unspecified atom stereocenters. The molecule has 0 saturated heterocycles. The summed E-state index contributed by atoms with van der Waals surface area (Å²) in [5, 5.41) is 0. The molecule has 0 aliphatic carbocycles. The number of halogens is 2. The van der Waals surface area contributed by atoms with E-state index in [9.17, 15) is 17.8 Å². The Morgan fingerprint density at radius 3 is 2.32 bits per heavy atom. The van der Waals surface area contributed by atoms with E-state index in [4.69, 9.17) is 0 Å². The van der Waals surface area contributed by atoms with Gasteiger partial charge in [0.25, 0.3) is 5.56 Å². The van der Waals surface area contributed by atoms with Gasteiger partial charge < -0.3 is 0 Å². The molecule has 0 bridgehead atoms. The zero-order chi connectivity index (χ0) is 15.9. The molecule has 0 atom stereocenters. The summed E-state index contributed by atoms with van der Waals surface area (Å²) in [6.45, 7) is 2.94. The number of hydrogen-bond donors (Lipinski definition) is 1. The van der Waals surface area contributed by atoms with E-state index < -0.39 is 20.6 Å². The number of rotatable bonds is 2. The molecule has 0 amide bonds. The molecule has 0 radical (unpaired) electrons. The van der Waals surface area contributed by atoms with Crippen molar-refractivity contribution >= 4 is 71.5 Å². The van der Waals surface area contributed by atoms with Gasteiger partial charge in [-0.1, -0.05) is 15.9 Å². The maximum absolute atomic E-state index is 12.4. The number of nitrogens with zero attached hydrogens (tertiary/aromatic N) is 2. The van der Waals surface area contributed by atoms with Crippen molar-refractivity contribution < 1.29 is 13.0 Å². The summed E-state index contributed by atoms with van der Waals surface area (Å²) in [7, 11) is -4.65. The second-order valence-corrected chi connectivity index (χ2v) is 7.41. The average molecular weight is 462 g/mol. The molecule has 1 aromatic carbocycles. The van der Waals surface area contributed by atoms with E-state index >= 15 is 0 Å². The van der Waals surface area contributed by atoms with Gasteiger partial charge in [0.1, 0.15) is 5.82 Å². The summed E-state index contributed by atoms with van der Waals surface area (Å²) < 4.78 is 34.5. The van der Waals surface area contributed by atoms with Crippen LogP contribution in [0.25, 0.3) is 5.69 Å². The maximum atomic E-state index is 12.4. The van der Waals surface area contributed by atoms with Gasteiger partial charge in [-0.15, -0.1) is 0 Å². The van der Waals surface area contributed by atoms with Crippen LogP contribution in [0.1, 0.15) is 11.5 Å². The molecule has 114 valence electrons. The Balaban J connectivity index is 0.00000242. The third kappa shape index (κ3) is 3.89. The molecular weight excluding hydrogens is 451 g/mol. The van der Waals surface area contributed by atoms with Gasteiger partial charge >= 0.3 is 39.7 Å². The van der Waals surface area contributed by atoms with Crippen molar-refractivity contribution in [2.75, 3.05) is 0 Å². The topological polar surface area (TPSA) is 89.3 Å². The first-order valence-corrected chi connectivity index (χ1v) is 8.68. The summed E-state index contributed by atoms with van der Waals surface area (Å²) in [6.07, 6.45) is 0. The van der Waals surface area contributed by atoms with E-state index in [0.717, 1.165) is 9.04 Å². The van der Waals surface area contributed by atoms with Gasteiger partial charge in [0, 0.05) is 8.95 Å². The summed E-state index contributed by atoms with van der Waals surface area (Å²) in [4.78, 5) is 15.8. The van der Waals surface area contributed by atoms with Crippen LogP contribution in [0.15, 0.2) is 36.8 Å². The van der Waals surface area contributed by atoms with Crippen molar-refractivity contribution in [3.05, 3.63) is 49.0 Å². The molecule has 0 saturated carbocycles. The Kier molecular flexibility index (Phi) is 6.59. The number of aromatic nitrogens is 2. The molecule has 0 aliphatic rings. The normalized spacial score (nSPS) is 11.1. The van der Waals surface area contributed by atoms with Crippen LogP contribution in [0, 0.1) is 13.8 Å². The fourth-order valence-corrected chi connectivity index (χ4v) is 3.95. The standard InChI is InChI=1S/C12H10Br2N2O4S.Na.H/c1-6-11(21(18,19)20)12(17)16(7(2)15-6)10-4-3-8(13)5-9(10)14;;/h3-5H,1-2H3,(H,18,19,20);;. The van der Waals surface area contributed by atoms with Gasteiger partial charge in [-0.25, -0.2) is 4.98 Å². The van der Waals surface area contributed by atoms with E-state index in [1.54, 1.807) is 25.1 Å². The van der Waals surface area contributed by atoms with Gasteiger partial charge in [0.05, 0.1) is 11.4 Å². The second kappa shape index (κ2) is 7.25. The Morgan fingerprint density at radius 2 is 1.82 bits per heavy atom. The van der Waals surface area contributed by atoms with Crippen LogP contribution in [-0.2, 0) is 10.1 Å². The van der Waals surface area contributed by atoms with Crippen LogP contribution in [0.4, 0.5) is 0 Å². The van der Waals surface area contributed by atoms with E-state index in [2.05, 4.69) is 36.8 Å². The quantitative estimate of drug-likeness (QED) is 0.545. The molecule has 0 spiro atoms. The summed E-state index contributed by atoms with van der Waals surface area (Å²) >= 11 is 6.61. The summed E-state index contributed by atoms with van der Waals surface area (Å²) in [5.74, 6) is 0.313. The van der Waals surface area contributed by atoms with Crippen molar-refractivity contribution in [3.63, 3.8) is 0 Å². The second-order valence-electron chi connectivity index (χ2n) is 4.28. The van der Waals surface area contributed by atoms with Gasteiger partial charge in [-0.05, 0) is 48.0 Å². The minimum atomic E-state index is -4.65. The Labute approximate surface area is 166 Å². The predicted octanol–water partition coefficient (Wildman–Crippen LogP) is 1.97. The summed E-state index contributed by atoms with van der Waals surface area (Å²) in [5.41, 5.74) is -0.451. The molecular formula is C12H11Br2N2NaO4S. The van der Waals surface area contributed by atoms with Crippen LogP contribution >= 0.6 is 31.9 Å². The van der Waals surface area contributed by atoms with Crippen molar-refractivity contribution in [1.29, 1.82) is 0 Å². The Bertz CT molecular complexity index is 897. The molecule has 0 aliphatic heterocycles. The third-order valence-corrected chi connectivity index (χ3v) is 4.90. The molecule has 1 aromatic heterocycles. The molecule has 2 aromatic rings. The first-order chi connectivity index (χ1) is 9.62. The fraction of sp³-hybridized carbons (Fsp3) is 0.167. The Morgan fingerprint density at radius 1 is 1.23 bits per heavy atom. The van der Waals surface area contributed by atoms with E-state index in [1.165, 1.54) is 6.92 Å². The van der Waals surface area contributed by atoms with Crippen molar-refractivity contribution in [1.82, 2.24) is 9.55 Å². The van der Waals surface area contributed by atoms with Crippen LogP contribution in [0.5, 0.6) is 0 Å². The average Bonchev–Trinajstić information content (AvgIpc) is 2.29. The Hall–Kier alpha value is -0.0300. The SMILES string of the molecule is Cc1nc(C)n(-c2ccc(Br)cc2Br)c(=O)c1S(=O)(=O)O.[NaH]. The third-order valence-electron chi connectivity index (χ3n) is 2.79. The fourth-order valence-electron chi connectivity index (χ4n) is 1.99. The van der Waals surface area contributed by atoms with E-state index in [-0.39, 0.29) is 35.3 Å². The number of benzene rings is 1. The predicted molar refractivity (Wildman–Crippen MR) is 91.7 cm³/mol. The van der Waals surface area contributed by atoms with Gasteiger partial charge in [0.2, 0.25) is 0 Å². The minimum absolute atomic E-state index is 0. The number of hydrogen-bond acceptors (Lipinski definition) is 4. The van der Waals surface area contributed by atoms with Crippen LogP contribution < -0.4 is 5.56 Å². The van der Waals surface area contributed by atoms with Crippen LogP contribution in [0.3, 0.4) is 0 Å². The zero-order valence-electron chi connectivity index (χ0n) is 11.0. The van der Waals surface area contributed by atoms with Crippen molar-refractivity contribution in [3.8, 4) is 5.69 Å². The molecule has 1 heterocycles. The molecule has 10 heteroatoms. The monoisotopic (exact) mass is 460 g/mol. The molecule has 1 N–H and O–H groups in total. The molecule has 2 rings (SSSR count). The zero-order valence-corrected chi connectivity index (χ0v) is 15.0. The van der Waals surface area contributed by atoms with Crippen molar-refractivity contribution in [2.45, 2.75) is 18.7 Å². The van der Waals surface area contributed by atoms with E-state index in [1.807, 2.05) is 0 Å². The van der Waals surface area contributed by atoms with Crippen LogP contribution in [0.2, 0.25) is 0 Å². The first-order valence-electron chi connectivity index (χ1n) is 5.66. The molecule has 22 heavy (non-hydrogen) atoms. The van der Waals surface area contributed by atoms with Crippen LogP contribution in [-0.4, -0.2) is 52.1 Å². The first kappa shape index (κ1) is 20.0. The van der Waals surface area contributed by atoms with Crippen molar-refractivity contribution in [2.24, 2.45) is 0 Å². The van der Waals surface area contributed by atoms with Gasteiger partial charge in [-0.3, -0.25) is 13.9 Å². The molecule has 0 fully saturated rings. The summed E-state index contributed by atoms with van der Waals surface area (Å²) in [6, 6.07) is 5.06.